The Morgan fingerprint density at radius 1 is 1.50 bits per heavy atom. The van der Waals surface area contributed by atoms with E-state index in [1.165, 1.54) is 18.2 Å². The molecule has 0 bridgehead atoms. The van der Waals surface area contributed by atoms with Crippen molar-refractivity contribution in [2.75, 3.05) is 5.32 Å². The number of nitrogens with zero attached hydrogens (tertiary/aromatic N) is 1. The maximum absolute atomic E-state index is 12.0. The van der Waals surface area contributed by atoms with Gasteiger partial charge in [-0.2, -0.15) is 14.0 Å². The van der Waals surface area contributed by atoms with Crippen molar-refractivity contribution in [3.05, 3.63) is 24.3 Å². The first-order valence-electron chi connectivity index (χ1n) is 4.34. The largest absolute Gasteiger partial charge is 0.433 e. The third-order valence-electron chi connectivity index (χ3n) is 1.62. The fraction of sp³-hybridized carbons (Fsp3) is 0.200. The van der Waals surface area contributed by atoms with E-state index in [1.54, 1.807) is 12.1 Å². The molecule has 0 fully saturated rings. The van der Waals surface area contributed by atoms with Crippen molar-refractivity contribution in [2.45, 2.75) is 13.0 Å². The van der Waals surface area contributed by atoms with E-state index in [-0.39, 0.29) is 17.9 Å². The Labute approximate surface area is 90.4 Å². The maximum Gasteiger partial charge on any atom is 0.387 e. The van der Waals surface area contributed by atoms with Crippen LogP contribution in [0.5, 0.6) is 5.75 Å². The van der Waals surface area contributed by atoms with Crippen molar-refractivity contribution in [3.8, 4) is 11.8 Å². The number of anilines is 1. The number of amides is 1. The maximum atomic E-state index is 12.0. The molecule has 0 atom stereocenters. The number of hydrogen-bond donors (Lipinski definition) is 1. The second kappa shape index (κ2) is 5.66. The molecule has 0 aromatic heterocycles. The molecule has 0 saturated carbocycles. The Balaban J connectivity index is 2.79. The highest BCUT2D eigenvalue weighted by Crippen LogP contribution is 2.25. The monoisotopic (exact) mass is 226 g/mol. The lowest BCUT2D eigenvalue weighted by molar-refractivity contribution is -0.115. The van der Waals surface area contributed by atoms with Gasteiger partial charge in [0, 0.05) is 0 Å². The van der Waals surface area contributed by atoms with Gasteiger partial charge in [0.25, 0.3) is 0 Å². The molecule has 1 aromatic rings. The van der Waals surface area contributed by atoms with Crippen LogP contribution in [-0.4, -0.2) is 12.5 Å². The lowest BCUT2D eigenvalue weighted by atomic mass is 10.3. The SMILES string of the molecule is N#CCC(=O)Nc1ccccc1OC(F)F. The van der Waals surface area contributed by atoms with E-state index in [1.807, 2.05) is 0 Å². The van der Waals surface area contributed by atoms with Gasteiger partial charge >= 0.3 is 6.61 Å². The summed E-state index contributed by atoms with van der Waals surface area (Å²) in [6, 6.07) is 7.41. The summed E-state index contributed by atoms with van der Waals surface area (Å²) in [5.74, 6) is -0.711. The molecule has 0 heterocycles. The zero-order chi connectivity index (χ0) is 12.0. The van der Waals surface area contributed by atoms with Crippen LogP contribution in [0.15, 0.2) is 24.3 Å². The number of rotatable bonds is 4. The van der Waals surface area contributed by atoms with Gasteiger partial charge in [-0.05, 0) is 12.1 Å². The van der Waals surface area contributed by atoms with E-state index >= 15 is 0 Å². The molecule has 84 valence electrons. The quantitative estimate of drug-likeness (QED) is 0.855. The normalized spacial score (nSPS) is 9.62. The number of carbonyl (C=O) groups is 1. The number of halogens is 2. The van der Waals surface area contributed by atoms with Gasteiger partial charge in [-0.25, -0.2) is 0 Å². The van der Waals surface area contributed by atoms with E-state index < -0.39 is 12.5 Å². The second-order valence-electron chi connectivity index (χ2n) is 2.76. The predicted molar refractivity (Wildman–Crippen MR) is 51.9 cm³/mol. The van der Waals surface area contributed by atoms with Crippen molar-refractivity contribution < 1.29 is 18.3 Å². The number of benzene rings is 1. The molecule has 1 amide bonds. The van der Waals surface area contributed by atoms with E-state index in [0.717, 1.165) is 0 Å². The summed E-state index contributed by atoms with van der Waals surface area (Å²) < 4.78 is 28.2. The zero-order valence-electron chi connectivity index (χ0n) is 8.11. The van der Waals surface area contributed by atoms with Gasteiger partial charge < -0.3 is 10.1 Å². The number of carbonyl (C=O) groups excluding carboxylic acids is 1. The molecule has 0 aliphatic carbocycles. The fourth-order valence-corrected chi connectivity index (χ4v) is 1.03. The van der Waals surface area contributed by atoms with Gasteiger partial charge in [-0.15, -0.1) is 0 Å². The average molecular weight is 226 g/mol. The number of para-hydroxylation sites is 2. The van der Waals surface area contributed by atoms with Crippen molar-refractivity contribution in [2.24, 2.45) is 0 Å². The second-order valence-corrected chi connectivity index (χ2v) is 2.76. The average Bonchev–Trinajstić information content (AvgIpc) is 2.20. The van der Waals surface area contributed by atoms with Gasteiger partial charge in [0.05, 0.1) is 11.8 Å². The highest BCUT2D eigenvalue weighted by Gasteiger charge is 2.10. The number of alkyl halides is 2. The number of nitriles is 1. The molecule has 4 nitrogen and oxygen atoms in total. The lowest BCUT2D eigenvalue weighted by Crippen LogP contribution is -2.12. The Morgan fingerprint density at radius 2 is 2.19 bits per heavy atom. The minimum atomic E-state index is -2.96. The van der Waals surface area contributed by atoms with Crippen LogP contribution in [0, 0.1) is 11.3 Å². The smallest absolute Gasteiger partial charge is 0.387 e. The first-order chi connectivity index (χ1) is 7.63. The van der Waals surface area contributed by atoms with Gasteiger partial charge in [0.2, 0.25) is 5.91 Å². The predicted octanol–water partition coefficient (Wildman–Crippen LogP) is 2.14. The lowest BCUT2D eigenvalue weighted by Gasteiger charge is -2.10. The molecule has 0 aliphatic heterocycles. The van der Waals surface area contributed by atoms with E-state index in [2.05, 4.69) is 10.1 Å². The highest BCUT2D eigenvalue weighted by molar-refractivity contribution is 5.93. The summed E-state index contributed by atoms with van der Waals surface area (Å²) >= 11 is 0. The van der Waals surface area contributed by atoms with Crippen molar-refractivity contribution in [3.63, 3.8) is 0 Å². The Kier molecular flexibility index (Phi) is 4.21. The molecule has 0 aliphatic rings. The van der Waals surface area contributed by atoms with Gasteiger partial charge in [0.15, 0.2) is 0 Å². The Bertz CT molecular complexity index is 416. The van der Waals surface area contributed by atoms with Crippen LogP contribution in [-0.2, 0) is 4.79 Å². The molecule has 1 N–H and O–H groups in total. The fourth-order valence-electron chi connectivity index (χ4n) is 1.03. The molecule has 0 unspecified atom stereocenters. The summed E-state index contributed by atoms with van der Waals surface area (Å²) in [5.41, 5.74) is 0.114. The third kappa shape index (κ3) is 3.53. The van der Waals surface area contributed by atoms with E-state index in [9.17, 15) is 13.6 Å². The molecule has 0 saturated heterocycles. The molecule has 16 heavy (non-hydrogen) atoms. The Hall–Kier alpha value is -2.16. The number of hydrogen-bond acceptors (Lipinski definition) is 3. The molecule has 0 radical (unpaired) electrons. The minimum absolute atomic E-state index is 0.114. The van der Waals surface area contributed by atoms with Crippen LogP contribution < -0.4 is 10.1 Å². The van der Waals surface area contributed by atoms with Crippen molar-refractivity contribution >= 4 is 11.6 Å². The summed E-state index contributed by atoms with van der Waals surface area (Å²) in [6.45, 7) is -2.96. The van der Waals surface area contributed by atoms with Crippen LogP contribution in [0.3, 0.4) is 0 Å². The summed E-state index contributed by atoms with van der Waals surface area (Å²) in [6.07, 6.45) is -0.344. The zero-order valence-corrected chi connectivity index (χ0v) is 8.11. The summed E-state index contributed by atoms with van der Waals surface area (Å²) in [4.78, 5) is 11.1. The molecule has 1 rings (SSSR count). The van der Waals surface area contributed by atoms with Crippen LogP contribution >= 0.6 is 0 Å². The summed E-state index contributed by atoms with van der Waals surface area (Å²) in [5, 5.41) is 10.6. The first kappa shape index (κ1) is 11.9. The topological polar surface area (TPSA) is 62.1 Å². The van der Waals surface area contributed by atoms with E-state index in [4.69, 9.17) is 5.26 Å². The molecule has 0 spiro atoms. The number of ether oxygens (including phenoxy) is 1. The minimum Gasteiger partial charge on any atom is -0.433 e. The van der Waals surface area contributed by atoms with Crippen LogP contribution in [0.2, 0.25) is 0 Å². The number of nitrogens with one attached hydrogen (secondary N) is 1. The van der Waals surface area contributed by atoms with Crippen LogP contribution in [0.4, 0.5) is 14.5 Å². The van der Waals surface area contributed by atoms with Crippen LogP contribution in [0.25, 0.3) is 0 Å². The third-order valence-corrected chi connectivity index (χ3v) is 1.62. The molecule has 6 heteroatoms. The highest BCUT2D eigenvalue weighted by atomic mass is 19.3. The molecular formula is C10H8F2N2O2. The van der Waals surface area contributed by atoms with Gasteiger partial charge in [-0.1, -0.05) is 12.1 Å². The standard InChI is InChI=1S/C10H8F2N2O2/c11-10(12)16-8-4-2-1-3-7(8)14-9(15)5-6-13/h1-4,10H,5H2,(H,14,15). The van der Waals surface area contributed by atoms with Gasteiger partial charge in [-0.3, -0.25) is 4.79 Å². The van der Waals surface area contributed by atoms with Crippen molar-refractivity contribution in [1.29, 1.82) is 5.26 Å². The van der Waals surface area contributed by atoms with Crippen molar-refractivity contribution in [1.82, 2.24) is 0 Å². The Morgan fingerprint density at radius 3 is 2.81 bits per heavy atom. The summed E-state index contributed by atoms with van der Waals surface area (Å²) in [7, 11) is 0. The van der Waals surface area contributed by atoms with E-state index in [0.29, 0.717) is 0 Å². The molecule has 1 aromatic carbocycles. The van der Waals surface area contributed by atoms with Gasteiger partial charge in [0.1, 0.15) is 12.2 Å². The van der Waals surface area contributed by atoms with Crippen LogP contribution in [0.1, 0.15) is 6.42 Å². The molecular weight excluding hydrogens is 218 g/mol. The first-order valence-corrected chi connectivity index (χ1v) is 4.34.